The summed E-state index contributed by atoms with van der Waals surface area (Å²) >= 11 is 0. The zero-order valence-electron chi connectivity index (χ0n) is 16.4. The second-order valence-electron chi connectivity index (χ2n) is 9.90. The standard InChI is InChI=1S/C23H40/c1-7-18-14-16(4)8-9-20(18)19-12-13-23(6)21(15(2)3)10-11-22(23)17(19)5/h16-22H,2,7-14H2,1,3-6H3. The maximum atomic E-state index is 4.34. The average molecular weight is 317 g/mol. The monoisotopic (exact) mass is 316 g/mol. The lowest BCUT2D eigenvalue weighted by molar-refractivity contribution is -0.0219. The summed E-state index contributed by atoms with van der Waals surface area (Å²) in [6, 6.07) is 0. The summed E-state index contributed by atoms with van der Waals surface area (Å²) in [5.41, 5.74) is 2.02. The van der Waals surface area contributed by atoms with Crippen LogP contribution in [0.1, 0.15) is 86.0 Å². The van der Waals surface area contributed by atoms with Gasteiger partial charge in [0.2, 0.25) is 0 Å². The smallest absolute Gasteiger partial charge is 0.0152 e. The predicted molar refractivity (Wildman–Crippen MR) is 101 cm³/mol. The molecule has 0 spiro atoms. The Kier molecular flexibility index (Phi) is 5.01. The van der Waals surface area contributed by atoms with Crippen LogP contribution in [0, 0.1) is 46.8 Å². The van der Waals surface area contributed by atoms with Crippen molar-refractivity contribution in [2.45, 2.75) is 86.0 Å². The van der Waals surface area contributed by atoms with E-state index in [1.54, 1.807) is 0 Å². The molecule has 0 radical (unpaired) electrons. The summed E-state index contributed by atoms with van der Waals surface area (Å²) in [6.45, 7) is 16.8. The summed E-state index contributed by atoms with van der Waals surface area (Å²) in [5.74, 6) is 6.71. The van der Waals surface area contributed by atoms with Crippen LogP contribution in [0.4, 0.5) is 0 Å². The van der Waals surface area contributed by atoms with E-state index in [4.69, 9.17) is 0 Å². The molecule has 0 aromatic rings. The van der Waals surface area contributed by atoms with Gasteiger partial charge in [0, 0.05) is 0 Å². The number of allylic oxidation sites excluding steroid dienone is 1. The van der Waals surface area contributed by atoms with Gasteiger partial charge in [-0.3, -0.25) is 0 Å². The highest BCUT2D eigenvalue weighted by Gasteiger charge is 2.54. The third-order valence-electron chi connectivity index (χ3n) is 8.71. The molecule has 0 heteroatoms. The molecule has 0 N–H and O–H groups in total. The fourth-order valence-electron chi connectivity index (χ4n) is 7.49. The highest BCUT2D eigenvalue weighted by Crippen LogP contribution is 2.62. The zero-order chi connectivity index (χ0) is 16.8. The van der Waals surface area contributed by atoms with Gasteiger partial charge >= 0.3 is 0 Å². The molecule has 3 rings (SSSR count). The van der Waals surface area contributed by atoms with Gasteiger partial charge in [0.05, 0.1) is 0 Å². The summed E-state index contributed by atoms with van der Waals surface area (Å²) in [6.07, 6.45) is 11.7. The van der Waals surface area contributed by atoms with Crippen molar-refractivity contribution < 1.29 is 0 Å². The zero-order valence-corrected chi connectivity index (χ0v) is 16.4. The van der Waals surface area contributed by atoms with Crippen molar-refractivity contribution in [1.82, 2.24) is 0 Å². The Morgan fingerprint density at radius 3 is 2.43 bits per heavy atom. The molecule has 0 heterocycles. The van der Waals surface area contributed by atoms with Crippen LogP contribution in [-0.4, -0.2) is 0 Å². The first-order valence-corrected chi connectivity index (χ1v) is 10.5. The Bertz CT molecular complexity index is 435. The molecule has 0 saturated heterocycles. The van der Waals surface area contributed by atoms with Gasteiger partial charge in [-0.25, -0.2) is 0 Å². The highest BCUT2D eigenvalue weighted by molar-refractivity contribution is 5.12. The maximum absolute atomic E-state index is 4.34. The number of hydrogen-bond donors (Lipinski definition) is 0. The number of hydrogen-bond acceptors (Lipinski definition) is 0. The normalized spacial score (nSPS) is 50.6. The minimum atomic E-state index is 0.561. The Morgan fingerprint density at radius 2 is 1.78 bits per heavy atom. The first-order chi connectivity index (χ1) is 10.9. The van der Waals surface area contributed by atoms with Crippen molar-refractivity contribution in [3.8, 4) is 0 Å². The third-order valence-corrected chi connectivity index (χ3v) is 8.71. The summed E-state index contributed by atoms with van der Waals surface area (Å²) < 4.78 is 0. The number of fused-ring (bicyclic) bond motifs is 1. The molecule has 8 atom stereocenters. The first-order valence-electron chi connectivity index (χ1n) is 10.5. The Labute approximate surface area is 145 Å². The fourth-order valence-corrected chi connectivity index (χ4v) is 7.49. The molecule has 3 saturated carbocycles. The van der Waals surface area contributed by atoms with E-state index in [1.807, 2.05) is 0 Å². The van der Waals surface area contributed by atoms with Crippen molar-refractivity contribution in [1.29, 1.82) is 0 Å². The quantitative estimate of drug-likeness (QED) is 0.487. The van der Waals surface area contributed by atoms with E-state index in [0.29, 0.717) is 5.41 Å². The third kappa shape index (κ3) is 2.93. The Morgan fingerprint density at radius 1 is 1.04 bits per heavy atom. The minimum absolute atomic E-state index is 0.561. The molecule has 0 nitrogen and oxygen atoms in total. The van der Waals surface area contributed by atoms with Crippen molar-refractivity contribution in [2.75, 3.05) is 0 Å². The second kappa shape index (κ2) is 6.57. The molecule has 0 aliphatic heterocycles. The molecule has 3 aliphatic rings. The summed E-state index contributed by atoms with van der Waals surface area (Å²) in [7, 11) is 0. The van der Waals surface area contributed by atoms with Crippen molar-refractivity contribution in [3.05, 3.63) is 12.2 Å². The lowest BCUT2D eigenvalue weighted by Crippen LogP contribution is -2.44. The topological polar surface area (TPSA) is 0 Å². The average Bonchev–Trinajstić information content (AvgIpc) is 2.86. The second-order valence-corrected chi connectivity index (χ2v) is 9.90. The van der Waals surface area contributed by atoms with Gasteiger partial charge in [-0.05, 0) is 92.3 Å². The minimum Gasteiger partial charge on any atom is -0.0998 e. The predicted octanol–water partition coefficient (Wildman–Crippen LogP) is 7.10. The maximum Gasteiger partial charge on any atom is -0.0152 e. The molecule has 0 aromatic heterocycles. The Hall–Kier alpha value is -0.260. The molecular formula is C23H40. The SMILES string of the molecule is C=C(C)C1CCC2C(C)C(C3CCC(C)CC3CC)CCC12C. The van der Waals surface area contributed by atoms with E-state index in [-0.39, 0.29) is 0 Å². The lowest BCUT2D eigenvalue weighted by atomic mass is 9.53. The van der Waals surface area contributed by atoms with Crippen LogP contribution in [-0.2, 0) is 0 Å². The van der Waals surface area contributed by atoms with Crippen molar-refractivity contribution >= 4 is 0 Å². The van der Waals surface area contributed by atoms with Crippen LogP contribution in [0.5, 0.6) is 0 Å². The molecule has 8 unspecified atom stereocenters. The fraction of sp³-hybridized carbons (Fsp3) is 0.913. The van der Waals surface area contributed by atoms with Crippen LogP contribution >= 0.6 is 0 Å². The first kappa shape index (κ1) is 17.6. The molecular weight excluding hydrogens is 276 g/mol. The number of rotatable bonds is 3. The van der Waals surface area contributed by atoms with Gasteiger partial charge < -0.3 is 0 Å². The van der Waals surface area contributed by atoms with E-state index in [9.17, 15) is 0 Å². The largest absolute Gasteiger partial charge is 0.0998 e. The molecule has 132 valence electrons. The van der Waals surface area contributed by atoms with E-state index in [0.717, 1.165) is 41.4 Å². The van der Waals surface area contributed by atoms with Crippen LogP contribution in [0.15, 0.2) is 12.2 Å². The molecule has 0 aromatic carbocycles. The van der Waals surface area contributed by atoms with Crippen molar-refractivity contribution in [2.24, 2.45) is 46.8 Å². The van der Waals surface area contributed by atoms with Gasteiger partial charge in [-0.1, -0.05) is 52.7 Å². The highest BCUT2D eigenvalue weighted by atomic mass is 14.6. The lowest BCUT2D eigenvalue weighted by Gasteiger charge is -2.52. The van der Waals surface area contributed by atoms with E-state index in [1.165, 1.54) is 56.9 Å². The van der Waals surface area contributed by atoms with E-state index >= 15 is 0 Å². The Balaban J connectivity index is 1.77. The molecule has 0 bridgehead atoms. The summed E-state index contributed by atoms with van der Waals surface area (Å²) in [4.78, 5) is 0. The summed E-state index contributed by atoms with van der Waals surface area (Å²) in [5, 5.41) is 0. The molecule has 23 heavy (non-hydrogen) atoms. The van der Waals surface area contributed by atoms with Crippen LogP contribution in [0.2, 0.25) is 0 Å². The van der Waals surface area contributed by atoms with E-state index in [2.05, 4.69) is 41.2 Å². The van der Waals surface area contributed by atoms with Crippen LogP contribution in [0.25, 0.3) is 0 Å². The molecule has 0 amide bonds. The van der Waals surface area contributed by atoms with Crippen LogP contribution < -0.4 is 0 Å². The molecule has 3 fully saturated rings. The van der Waals surface area contributed by atoms with Gasteiger partial charge in [-0.15, -0.1) is 0 Å². The van der Waals surface area contributed by atoms with Crippen molar-refractivity contribution in [3.63, 3.8) is 0 Å². The van der Waals surface area contributed by atoms with Gasteiger partial charge in [0.1, 0.15) is 0 Å². The van der Waals surface area contributed by atoms with Gasteiger partial charge in [0.15, 0.2) is 0 Å². The van der Waals surface area contributed by atoms with Gasteiger partial charge in [0.25, 0.3) is 0 Å². The van der Waals surface area contributed by atoms with E-state index < -0.39 is 0 Å². The van der Waals surface area contributed by atoms with Crippen LogP contribution in [0.3, 0.4) is 0 Å². The molecule has 3 aliphatic carbocycles. The van der Waals surface area contributed by atoms with Gasteiger partial charge in [-0.2, -0.15) is 0 Å².